The predicted molar refractivity (Wildman–Crippen MR) is 89.4 cm³/mol. The molecule has 0 saturated carbocycles. The van der Waals surface area contributed by atoms with Crippen LogP contribution >= 0.6 is 0 Å². The highest BCUT2D eigenvalue weighted by molar-refractivity contribution is 7.88. The van der Waals surface area contributed by atoms with Gasteiger partial charge in [-0.3, -0.25) is 0 Å². The van der Waals surface area contributed by atoms with Crippen LogP contribution in [0.5, 0.6) is 5.75 Å². The average Bonchev–Trinajstić information content (AvgIpc) is 2.51. The highest BCUT2D eigenvalue weighted by Gasteiger charge is 2.26. The van der Waals surface area contributed by atoms with E-state index in [0.717, 1.165) is 6.42 Å². The summed E-state index contributed by atoms with van der Waals surface area (Å²) in [6, 6.07) is 5.13. The van der Waals surface area contributed by atoms with Crippen molar-refractivity contribution in [2.45, 2.75) is 18.2 Å². The van der Waals surface area contributed by atoms with Crippen LogP contribution < -0.4 is 9.64 Å². The van der Waals surface area contributed by atoms with Gasteiger partial charge in [-0.15, -0.1) is 0 Å². The number of thiol groups is 1. The van der Waals surface area contributed by atoms with E-state index in [9.17, 15) is 16.8 Å². The molecule has 0 bridgehead atoms. The summed E-state index contributed by atoms with van der Waals surface area (Å²) in [6.07, 6.45) is 1.97. The summed E-state index contributed by atoms with van der Waals surface area (Å²) in [7, 11) is -6.03. The molecule has 1 aliphatic heterocycles. The van der Waals surface area contributed by atoms with Gasteiger partial charge in [-0.05, 0) is 18.6 Å². The third-order valence-electron chi connectivity index (χ3n) is 3.67. The molecule has 7 nitrogen and oxygen atoms in total. The SMILES string of the molecule is CCCOc1cccc(N2CCN(S(C)(=O)=O)CC2)c1[SH](=O)=O. The molecule has 0 N–H and O–H groups in total. The van der Waals surface area contributed by atoms with E-state index in [1.165, 1.54) is 10.6 Å². The second kappa shape index (κ2) is 7.50. The Kier molecular flexibility index (Phi) is 5.88. The van der Waals surface area contributed by atoms with Gasteiger partial charge in [0, 0.05) is 26.2 Å². The molecule has 1 saturated heterocycles. The molecular formula is C14H22N2O5S2. The summed E-state index contributed by atoms with van der Waals surface area (Å²) in [5.74, 6) is 0.353. The van der Waals surface area contributed by atoms with E-state index in [2.05, 4.69) is 0 Å². The number of hydrogen-bond acceptors (Lipinski definition) is 6. The lowest BCUT2D eigenvalue weighted by Crippen LogP contribution is -2.48. The van der Waals surface area contributed by atoms with Gasteiger partial charge in [-0.2, -0.15) is 4.31 Å². The van der Waals surface area contributed by atoms with Crippen molar-refractivity contribution in [3.63, 3.8) is 0 Å². The molecule has 0 unspecified atom stereocenters. The summed E-state index contributed by atoms with van der Waals surface area (Å²) in [6.45, 7) is 3.97. The first-order chi connectivity index (χ1) is 10.8. The van der Waals surface area contributed by atoms with Gasteiger partial charge < -0.3 is 9.64 Å². The standard InChI is InChI=1S/C14H22N2O5S2/c1-3-11-21-13-6-4-5-12(14(13)22(17)18)15-7-9-16(10-8-15)23(2,19)20/h4-6,22H,3,7-11H2,1-2H3. The molecule has 23 heavy (non-hydrogen) atoms. The average molecular weight is 362 g/mol. The molecule has 0 aliphatic carbocycles. The first-order valence-corrected chi connectivity index (χ1v) is 10.5. The van der Waals surface area contributed by atoms with E-state index in [-0.39, 0.29) is 4.90 Å². The number of hydrogen-bond donors (Lipinski definition) is 1. The molecule has 1 fully saturated rings. The minimum absolute atomic E-state index is 0.170. The Morgan fingerprint density at radius 1 is 1.17 bits per heavy atom. The van der Waals surface area contributed by atoms with Crippen molar-refractivity contribution in [2.75, 3.05) is 43.9 Å². The highest BCUT2D eigenvalue weighted by atomic mass is 32.2. The third-order valence-corrected chi connectivity index (χ3v) is 5.79. The van der Waals surface area contributed by atoms with Gasteiger partial charge >= 0.3 is 0 Å². The second-order valence-electron chi connectivity index (χ2n) is 5.38. The molecule has 0 spiro atoms. The molecule has 0 atom stereocenters. The summed E-state index contributed by atoms with van der Waals surface area (Å²) in [5, 5.41) is 0. The predicted octanol–water partition coefficient (Wildman–Crippen LogP) is 0.527. The van der Waals surface area contributed by atoms with Gasteiger partial charge in [0.15, 0.2) is 10.7 Å². The van der Waals surface area contributed by atoms with Crippen molar-refractivity contribution >= 4 is 26.4 Å². The maximum absolute atomic E-state index is 11.7. The quantitative estimate of drug-likeness (QED) is 0.743. The first-order valence-electron chi connectivity index (χ1n) is 7.45. The zero-order valence-corrected chi connectivity index (χ0v) is 15.0. The van der Waals surface area contributed by atoms with Crippen LogP contribution in [0.4, 0.5) is 5.69 Å². The minimum atomic E-state index is -3.22. The van der Waals surface area contributed by atoms with E-state index >= 15 is 0 Å². The monoisotopic (exact) mass is 362 g/mol. The molecular weight excluding hydrogens is 340 g/mol. The number of ether oxygens (including phenoxy) is 1. The lowest BCUT2D eigenvalue weighted by Gasteiger charge is -2.35. The number of nitrogens with zero attached hydrogens (tertiary/aromatic N) is 2. The van der Waals surface area contributed by atoms with E-state index < -0.39 is 20.7 Å². The van der Waals surface area contributed by atoms with Crippen LogP contribution in [0.3, 0.4) is 0 Å². The van der Waals surface area contributed by atoms with E-state index in [1.807, 2.05) is 11.8 Å². The summed E-state index contributed by atoms with van der Waals surface area (Å²) >= 11 is 0. The maximum Gasteiger partial charge on any atom is 0.211 e. The van der Waals surface area contributed by atoms with Crippen molar-refractivity contribution in [3.8, 4) is 5.75 Å². The molecule has 9 heteroatoms. The number of benzene rings is 1. The molecule has 0 aromatic heterocycles. The molecule has 0 amide bonds. The summed E-state index contributed by atoms with van der Waals surface area (Å²) in [5.41, 5.74) is 0.572. The van der Waals surface area contributed by atoms with Crippen molar-refractivity contribution in [1.29, 1.82) is 0 Å². The van der Waals surface area contributed by atoms with Crippen LogP contribution in [0.25, 0.3) is 0 Å². The van der Waals surface area contributed by atoms with Crippen LogP contribution in [0, 0.1) is 0 Å². The molecule has 1 aromatic rings. The topological polar surface area (TPSA) is 84.0 Å². The van der Waals surface area contributed by atoms with Gasteiger partial charge in [0.1, 0.15) is 10.6 Å². The minimum Gasteiger partial charge on any atom is -0.492 e. The Morgan fingerprint density at radius 3 is 2.35 bits per heavy atom. The normalized spacial score (nSPS) is 16.7. The van der Waals surface area contributed by atoms with Crippen molar-refractivity contribution < 1.29 is 21.6 Å². The van der Waals surface area contributed by atoms with Crippen LogP contribution in [-0.4, -0.2) is 60.2 Å². The fourth-order valence-corrected chi connectivity index (χ4v) is 4.09. The zero-order chi connectivity index (χ0) is 17.0. The fourth-order valence-electron chi connectivity index (χ4n) is 2.54. The molecule has 0 radical (unpaired) electrons. The summed E-state index contributed by atoms with van der Waals surface area (Å²) < 4.78 is 53.5. The molecule has 130 valence electrons. The fraction of sp³-hybridized carbons (Fsp3) is 0.571. The Labute approximate surface area is 138 Å². The largest absolute Gasteiger partial charge is 0.492 e. The van der Waals surface area contributed by atoms with Gasteiger partial charge in [0.25, 0.3) is 0 Å². The van der Waals surface area contributed by atoms with Crippen molar-refractivity contribution in [3.05, 3.63) is 18.2 Å². The Hall–Kier alpha value is -1.32. The van der Waals surface area contributed by atoms with Crippen molar-refractivity contribution in [1.82, 2.24) is 4.31 Å². The summed E-state index contributed by atoms with van der Waals surface area (Å²) in [4.78, 5) is 2.06. The van der Waals surface area contributed by atoms with E-state index in [4.69, 9.17) is 4.74 Å². The van der Waals surface area contributed by atoms with Gasteiger partial charge in [0.05, 0.1) is 18.6 Å². The molecule has 2 rings (SSSR count). The first kappa shape index (κ1) is 18.0. The van der Waals surface area contributed by atoms with Crippen LogP contribution in [-0.2, 0) is 20.7 Å². The molecule has 1 heterocycles. The smallest absolute Gasteiger partial charge is 0.211 e. The van der Waals surface area contributed by atoms with Crippen LogP contribution in [0.1, 0.15) is 13.3 Å². The number of anilines is 1. The number of rotatable bonds is 6. The van der Waals surface area contributed by atoms with Crippen molar-refractivity contribution in [2.24, 2.45) is 0 Å². The van der Waals surface area contributed by atoms with E-state index in [0.29, 0.717) is 44.2 Å². The third kappa shape index (κ3) is 4.36. The number of piperazine rings is 1. The van der Waals surface area contributed by atoms with Gasteiger partial charge in [0.2, 0.25) is 10.0 Å². The zero-order valence-electron chi connectivity index (χ0n) is 13.3. The molecule has 1 aliphatic rings. The molecule has 1 aromatic carbocycles. The number of sulfonamides is 1. The Balaban J connectivity index is 2.26. The maximum atomic E-state index is 11.7. The Morgan fingerprint density at radius 2 is 1.83 bits per heavy atom. The lowest BCUT2D eigenvalue weighted by molar-refractivity contribution is 0.309. The van der Waals surface area contributed by atoms with Crippen LogP contribution in [0.2, 0.25) is 0 Å². The van der Waals surface area contributed by atoms with Crippen LogP contribution in [0.15, 0.2) is 23.1 Å². The van der Waals surface area contributed by atoms with Gasteiger partial charge in [-0.25, -0.2) is 16.8 Å². The Bertz CT molecular complexity index is 715. The second-order valence-corrected chi connectivity index (χ2v) is 8.32. The van der Waals surface area contributed by atoms with E-state index in [1.54, 1.807) is 18.2 Å². The van der Waals surface area contributed by atoms with Gasteiger partial charge in [-0.1, -0.05) is 13.0 Å². The lowest BCUT2D eigenvalue weighted by atomic mass is 10.2. The highest BCUT2D eigenvalue weighted by Crippen LogP contribution is 2.31.